The van der Waals surface area contributed by atoms with Crippen molar-refractivity contribution in [3.05, 3.63) is 16.1 Å². The molecule has 12 heavy (non-hydrogen) atoms. The van der Waals surface area contributed by atoms with Gasteiger partial charge < -0.3 is 5.73 Å². The zero-order valence-electron chi connectivity index (χ0n) is 7.29. The van der Waals surface area contributed by atoms with Crippen molar-refractivity contribution in [3.8, 4) is 0 Å². The molecule has 1 heterocycles. The summed E-state index contributed by atoms with van der Waals surface area (Å²) < 4.78 is 0. The maximum Gasteiger partial charge on any atom is 0.0959 e. The van der Waals surface area contributed by atoms with Crippen LogP contribution >= 0.6 is 11.3 Å². The number of hydrogen-bond acceptors (Lipinski definition) is 3. The molecule has 0 aliphatic heterocycles. The molecule has 0 radical (unpaired) electrons. The summed E-state index contributed by atoms with van der Waals surface area (Å²) in [5.41, 5.74) is 6.96. The minimum Gasteiger partial charge on any atom is -0.323 e. The Morgan fingerprint density at radius 3 is 3.08 bits per heavy atom. The maximum atomic E-state index is 5.87. The van der Waals surface area contributed by atoms with Gasteiger partial charge in [-0.3, -0.25) is 0 Å². The molecule has 0 spiro atoms. The van der Waals surface area contributed by atoms with Gasteiger partial charge >= 0.3 is 0 Å². The van der Waals surface area contributed by atoms with Crippen LogP contribution in [0.1, 0.15) is 48.8 Å². The average molecular weight is 182 g/mol. The fourth-order valence-electron chi connectivity index (χ4n) is 1.20. The third-order valence-electron chi connectivity index (χ3n) is 2.29. The molecule has 1 aromatic rings. The van der Waals surface area contributed by atoms with E-state index < -0.39 is 0 Å². The van der Waals surface area contributed by atoms with Crippen LogP contribution in [0.5, 0.6) is 0 Å². The summed E-state index contributed by atoms with van der Waals surface area (Å²) in [6, 6.07) is 0.147. The molecule has 1 aromatic heterocycles. The van der Waals surface area contributed by atoms with Gasteiger partial charge in [-0.2, -0.15) is 0 Å². The second-order valence-corrected chi connectivity index (χ2v) is 4.29. The molecule has 0 aromatic carbocycles. The van der Waals surface area contributed by atoms with E-state index in [1.165, 1.54) is 17.8 Å². The third kappa shape index (κ3) is 1.52. The van der Waals surface area contributed by atoms with Gasteiger partial charge in [-0.05, 0) is 19.3 Å². The van der Waals surface area contributed by atoms with Crippen LogP contribution in [0.25, 0.3) is 0 Å². The summed E-state index contributed by atoms with van der Waals surface area (Å²) in [4.78, 5) is 4.54. The highest BCUT2D eigenvalue weighted by molar-refractivity contribution is 7.09. The van der Waals surface area contributed by atoms with Crippen molar-refractivity contribution in [3.63, 3.8) is 0 Å². The van der Waals surface area contributed by atoms with Crippen molar-refractivity contribution in [2.24, 2.45) is 5.73 Å². The number of rotatable bonds is 3. The van der Waals surface area contributed by atoms with Crippen LogP contribution < -0.4 is 5.73 Å². The predicted octanol–water partition coefficient (Wildman–Crippen LogP) is 2.43. The quantitative estimate of drug-likeness (QED) is 0.779. The van der Waals surface area contributed by atoms with Crippen LogP contribution in [0.3, 0.4) is 0 Å². The third-order valence-corrected chi connectivity index (χ3v) is 3.31. The standard InChI is InChI=1S/C9H14N2S/c1-2-7(10)8-5-12-9(11-8)6-3-4-6/h5-7H,2-4,10H2,1H3. The predicted molar refractivity (Wildman–Crippen MR) is 51.3 cm³/mol. The molecule has 66 valence electrons. The Balaban J connectivity index is 2.12. The van der Waals surface area contributed by atoms with Crippen LogP contribution in [-0.2, 0) is 0 Å². The van der Waals surface area contributed by atoms with Gasteiger partial charge in [-0.1, -0.05) is 6.92 Å². The lowest BCUT2D eigenvalue weighted by atomic mass is 10.2. The fraction of sp³-hybridized carbons (Fsp3) is 0.667. The highest BCUT2D eigenvalue weighted by Gasteiger charge is 2.26. The van der Waals surface area contributed by atoms with E-state index in [1.807, 2.05) is 0 Å². The Labute approximate surface area is 76.8 Å². The molecule has 2 nitrogen and oxygen atoms in total. The lowest BCUT2D eigenvalue weighted by Gasteiger charge is -2.02. The number of aromatic nitrogens is 1. The van der Waals surface area contributed by atoms with Crippen LogP contribution in [0.4, 0.5) is 0 Å². The molecule has 1 saturated carbocycles. The van der Waals surface area contributed by atoms with Crippen molar-refractivity contribution in [2.75, 3.05) is 0 Å². The summed E-state index contributed by atoms with van der Waals surface area (Å²) in [5, 5.41) is 3.41. The first kappa shape index (κ1) is 8.20. The number of nitrogens with zero attached hydrogens (tertiary/aromatic N) is 1. The van der Waals surface area contributed by atoms with E-state index >= 15 is 0 Å². The summed E-state index contributed by atoms with van der Waals surface area (Å²) in [7, 11) is 0. The molecule has 2 rings (SSSR count). The van der Waals surface area contributed by atoms with Crippen molar-refractivity contribution in [1.82, 2.24) is 4.98 Å². The maximum absolute atomic E-state index is 5.87. The highest BCUT2D eigenvalue weighted by Crippen LogP contribution is 2.41. The van der Waals surface area contributed by atoms with Gasteiger partial charge in [-0.15, -0.1) is 11.3 Å². The van der Waals surface area contributed by atoms with E-state index in [-0.39, 0.29) is 6.04 Å². The van der Waals surface area contributed by atoms with Crippen LogP contribution in [0.15, 0.2) is 5.38 Å². The minimum absolute atomic E-state index is 0.147. The molecule has 1 fully saturated rings. The first-order valence-electron chi connectivity index (χ1n) is 4.52. The summed E-state index contributed by atoms with van der Waals surface area (Å²) in [6.45, 7) is 2.10. The van der Waals surface area contributed by atoms with Gasteiger partial charge in [0.2, 0.25) is 0 Å². The Morgan fingerprint density at radius 2 is 2.50 bits per heavy atom. The molecular formula is C9H14N2S. The minimum atomic E-state index is 0.147. The zero-order chi connectivity index (χ0) is 8.55. The molecule has 1 unspecified atom stereocenters. The molecule has 2 N–H and O–H groups in total. The second kappa shape index (κ2) is 3.15. The zero-order valence-corrected chi connectivity index (χ0v) is 8.10. The Hall–Kier alpha value is -0.410. The smallest absolute Gasteiger partial charge is 0.0959 e. The molecule has 0 saturated heterocycles. The first-order valence-corrected chi connectivity index (χ1v) is 5.40. The van der Waals surface area contributed by atoms with E-state index in [4.69, 9.17) is 5.73 Å². The summed E-state index contributed by atoms with van der Waals surface area (Å²) >= 11 is 1.77. The van der Waals surface area contributed by atoms with Gasteiger partial charge in [0.15, 0.2) is 0 Å². The molecular weight excluding hydrogens is 168 g/mol. The number of nitrogens with two attached hydrogens (primary N) is 1. The van der Waals surface area contributed by atoms with Gasteiger partial charge in [0.05, 0.1) is 10.7 Å². The SMILES string of the molecule is CCC(N)c1csc(C2CC2)n1. The van der Waals surface area contributed by atoms with Gasteiger partial charge in [0.1, 0.15) is 0 Å². The number of thiazole rings is 1. The summed E-state index contributed by atoms with van der Waals surface area (Å²) in [5.74, 6) is 0.771. The van der Waals surface area contributed by atoms with E-state index in [0.29, 0.717) is 0 Å². The van der Waals surface area contributed by atoms with Crippen LogP contribution in [-0.4, -0.2) is 4.98 Å². The molecule has 1 aliphatic rings. The average Bonchev–Trinajstić information content (AvgIpc) is 2.83. The molecule has 3 heteroatoms. The largest absolute Gasteiger partial charge is 0.323 e. The first-order chi connectivity index (χ1) is 5.81. The van der Waals surface area contributed by atoms with E-state index in [1.54, 1.807) is 11.3 Å². The Kier molecular flexibility index (Phi) is 2.15. The molecule has 1 atom stereocenters. The van der Waals surface area contributed by atoms with E-state index in [0.717, 1.165) is 18.0 Å². The van der Waals surface area contributed by atoms with E-state index in [9.17, 15) is 0 Å². The Bertz CT molecular complexity index is 265. The topological polar surface area (TPSA) is 38.9 Å². The molecule has 0 bridgehead atoms. The Morgan fingerprint density at radius 1 is 1.75 bits per heavy atom. The monoisotopic (exact) mass is 182 g/mol. The fourth-order valence-corrected chi connectivity index (χ4v) is 2.25. The molecule has 0 amide bonds. The number of hydrogen-bond donors (Lipinski definition) is 1. The second-order valence-electron chi connectivity index (χ2n) is 3.40. The van der Waals surface area contributed by atoms with Crippen molar-refractivity contribution >= 4 is 11.3 Å². The van der Waals surface area contributed by atoms with Crippen molar-refractivity contribution < 1.29 is 0 Å². The van der Waals surface area contributed by atoms with Gasteiger partial charge in [0, 0.05) is 17.3 Å². The van der Waals surface area contributed by atoms with Crippen molar-refractivity contribution in [2.45, 2.75) is 38.1 Å². The lowest BCUT2D eigenvalue weighted by molar-refractivity contribution is 0.677. The van der Waals surface area contributed by atoms with Gasteiger partial charge in [-0.25, -0.2) is 4.98 Å². The van der Waals surface area contributed by atoms with E-state index in [2.05, 4.69) is 17.3 Å². The lowest BCUT2D eigenvalue weighted by Crippen LogP contribution is -2.08. The van der Waals surface area contributed by atoms with Crippen LogP contribution in [0, 0.1) is 0 Å². The van der Waals surface area contributed by atoms with Crippen LogP contribution in [0.2, 0.25) is 0 Å². The van der Waals surface area contributed by atoms with Gasteiger partial charge in [0.25, 0.3) is 0 Å². The normalized spacial score (nSPS) is 19.5. The molecule has 1 aliphatic carbocycles. The summed E-state index contributed by atoms with van der Waals surface area (Å²) in [6.07, 6.45) is 3.64. The highest BCUT2D eigenvalue weighted by atomic mass is 32.1. The van der Waals surface area contributed by atoms with Crippen molar-refractivity contribution in [1.29, 1.82) is 0 Å².